The maximum absolute atomic E-state index is 12.3. The maximum Gasteiger partial charge on any atom is 0.251 e. The molecule has 0 unspecified atom stereocenters. The first-order chi connectivity index (χ1) is 12.7. The van der Waals surface area contributed by atoms with E-state index in [2.05, 4.69) is 15.5 Å². The van der Waals surface area contributed by atoms with Crippen LogP contribution < -0.4 is 10.6 Å². The van der Waals surface area contributed by atoms with E-state index in [-0.39, 0.29) is 23.9 Å². The van der Waals surface area contributed by atoms with Crippen molar-refractivity contribution in [2.24, 2.45) is 0 Å². The Kier molecular flexibility index (Phi) is 6.67. The Bertz CT molecular complexity index is 591. The van der Waals surface area contributed by atoms with E-state index in [4.69, 9.17) is 0 Å². The van der Waals surface area contributed by atoms with Gasteiger partial charge in [0, 0.05) is 17.6 Å². The van der Waals surface area contributed by atoms with Crippen molar-refractivity contribution < 1.29 is 9.59 Å². The van der Waals surface area contributed by atoms with Crippen LogP contribution >= 0.6 is 0 Å². The summed E-state index contributed by atoms with van der Waals surface area (Å²) in [4.78, 5) is 27.0. The second-order valence-electron chi connectivity index (χ2n) is 7.66. The third kappa shape index (κ3) is 4.85. The zero-order valence-corrected chi connectivity index (χ0v) is 15.6. The van der Waals surface area contributed by atoms with Gasteiger partial charge in [0.15, 0.2) is 0 Å². The second kappa shape index (κ2) is 9.17. The molecule has 3 rings (SSSR count). The number of carbonyl (C=O) groups is 2. The van der Waals surface area contributed by atoms with Crippen LogP contribution in [0.25, 0.3) is 0 Å². The van der Waals surface area contributed by atoms with Crippen molar-refractivity contribution in [1.29, 1.82) is 0 Å². The van der Waals surface area contributed by atoms with E-state index in [9.17, 15) is 9.59 Å². The van der Waals surface area contributed by atoms with Gasteiger partial charge in [-0.2, -0.15) is 0 Å². The minimum Gasteiger partial charge on any atom is -0.353 e. The van der Waals surface area contributed by atoms with E-state index in [1.165, 1.54) is 51.4 Å². The van der Waals surface area contributed by atoms with Gasteiger partial charge in [-0.15, -0.1) is 0 Å². The normalized spacial score (nSPS) is 20.3. The van der Waals surface area contributed by atoms with Crippen LogP contribution in [0.3, 0.4) is 0 Å². The molecule has 2 amide bonds. The molecule has 0 atom stereocenters. The smallest absolute Gasteiger partial charge is 0.251 e. The summed E-state index contributed by atoms with van der Waals surface area (Å²) >= 11 is 0. The zero-order chi connectivity index (χ0) is 18.2. The number of nitrogens with one attached hydrogen (secondary N) is 2. The lowest BCUT2D eigenvalue weighted by atomic mass is 9.79. The molecule has 5 heteroatoms. The number of hydrogen-bond acceptors (Lipinski definition) is 3. The third-order valence-corrected chi connectivity index (χ3v) is 5.87. The average molecular weight is 357 g/mol. The first-order valence-corrected chi connectivity index (χ1v) is 10.0. The predicted octanol–water partition coefficient (Wildman–Crippen LogP) is 2.72. The van der Waals surface area contributed by atoms with Gasteiger partial charge in [0.2, 0.25) is 5.91 Å². The summed E-state index contributed by atoms with van der Waals surface area (Å²) in [5, 5.41) is 5.82. The topological polar surface area (TPSA) is 61.4 Å². The molecule has 1 aliphatic carbocycles. The van der Waals surface area contributed by atoms with Crippen molar-refractivity contribution in [3.63, 3.8) is 0 Å². The SMILES string of the molecule is O=C(CNC(=O)c1ccccc1)NCC1(N2CCCCC2)CCCCC1. The predicted molar refractivity (Wildman–Crippen MR) is 103 cm³/mol. The fraction of sp³-hybridized carbons (Fsp3) is 0.619. The first kappa shape index (κ1) is 18.9. The van der Waals surface area contributed by atoms with Gasteiger partial charge in [-0.25, -0.2) is 0 Å². The fourth-order valence-corrected chi connectivity index (χ4v) is 4.36. The summed E-state index contributed by atoms with van der Waals surface area (Å²) in [5.74, 6) is -0.305. The molecule has 1 saturated heterocycles. The number of piperidine rings is 1. The van der Waals surface area contributed by atoms with Gasteiger partial charge in [0.05, 0.1) is 6.54 Å². The van der Waals surface area contributed by atoms with Crippen molar-refractivity contribution in [2.75, 3.05) is 26.2 Å². The number of hydrogen-bond donors (Lipinski definition) is 2. The van der Waals surface area contributed by atoms with Crippen LogP contribution in [0.4, 0.5) is 0 Å². The molecule has 1 aliphatic heterocycles. The number of rotatable bonds is 6. The second-order valence-corrected chi connectivity index (χ2v) is 7.66. The molecule has 0 radical (unpaired) electrons. The van der Waals surface area contributed by atoms with Gasteiger partial charge in [-0.05, 0) is 50.9 Å². The molecule has 2 aliphatic rings. The molecule has 2 N–H and O–H groups in total. The summed E-state index contributed by atoms with van der Waals surface area (Å²) in [6.45, 7) is 3.04. The molecule has 0 aromatic heterocycles. The quantitative estimate of drug-likeness (QED) is 0.823. The molecule has 1 aromatic rings. The molecule has 26 heavy (non-hydrogen) atoms. The molecule has 0 spiro atoms. The minimum atomic E-state index is -0.204. The van der Waals surface area contributed by atoms with Gasteiger partial charge < -0.3 is 10.6 Å². The Morgan fingerprint density at radius 1 is 0.885 bits per heavy atom. The molecular formula is C21H31N3O2. The Balaban J connectivity index is 1.50. The van der Waals surface area contributed by atoms with Crippen LogP contribution in [0.2, 0.25) is 0 Å². The molecule has 1 aromatic carbocycles. The number of carbonyl (C=O) groups excluding carboxylic acids is 2. The van der Waals surface area contributed by atoms with Gasteiger partial charge in [0.1, 0.15) is 0 Å². The van der Waals surface area contributed by atoms with Gasteiger partial charge >= 0.3 is 0 Å². The third-order valence-electron chi connectivity index (χ3n) is 5.87. The largest absolute Gasteiger partial charge is 0.353 e. The van der Waals surface area contributed by atoms with Crippen LogP contribution in [-0.2, 0) is 4.79 Å². The number of benzene rings is 1. The molecule has 1 saturated carbocycles. The highest BCUT2D eigenvalue weighted by Crippen LogP contribution is 2.35. The van der Waals surface area contributed by atoms with Crippen molar-refractivity contribution in [2.45, 2.75) is 56.9 Å². The fourth-order valence-electron chi connectivity index (χ4n) is 4.36. The van der Waals surface area contributed by atoms with E-state index in [1.54, 1.807) is 12.1 Å². The molecular weight excluding hydrogens is 326 g/mol. The van der Waals surface area contributed by atoms with Crippen LogP contribution in [0, 0.1) is 0 Å². The highest BCUT2D eigenvalue weighted by Gasteiger charge is 2.38. The van der Waals surface area contributed by atoms with Gasteiger partial charge in [-0.3, -0.25) is 14.5 Å². The van der Waals surface area contributed by atoms with Gasteiger partial charge in [0.25, 0.3) is 5.91 Å². The van der Waals surface area contributed by atoms with E-state index in [0.717, 1.165) is 13.1 Å². The first-order valence-electron chi connectivity index (χ1n) is 10.0. The van der Waals surface area contributed by atoms with Crippen molar-refractivity contribution in [1.82, 2.24) is 15.5 Å². The Morgan fingerprint density at radius 3 is 2.23 bits per heavy atom. The molecule has 142 valence electrons. The van der Waals surface area contributed by atoms with Crippen LogP contribution in [0.5, 0.6) is 0 Å². The Labute approximate surface area is 156 Å². The average Bonchev–Trinajstić information content (AvgIpc) is 2.72. The summed E-state index contributed by atoms with van der Waals surface area (Å²) in [6.07, 6.45) is 9.99. The Morgan fingerprint density at radius 2 is 1.54 bits per heavy atom. The number of nitrogens with zero attached hydrogens (tertiary/aromatic N) is 1. The number of amides is 2. The minimum absolute atomic E-state index is 0.0316. The Hall–Kier alpha value is -1.88. The van der Waals surface area contributed by atoms with Crippen molar-refractivity contribution >= 4 is 11.8 Å². The van der Waals surface area contributed by atoms with Crippen LogP contribution in [0.1, 0.15) is 61.7 Å². The summed E-state index contributed by atoms with van der Waals surface area (Å²) in [6, 6.07) is 9.01. The van der Waals surface area contributed by atoms with Crippen molar-refractivity contribution in [3.8, 4) is 0 Å². The van der Waals surface area contributed by atoms with Crippen LogP contribution in [0.15, 0.2) is 30.3 Å². The van der Waals surface area contributed by atoms with Crippen LogP contribution in [-0.4, -0.2) is 48.4 Å². The summed E-state index contributed by atoms with van der Waals surface area (Å²) in [7, 11) is 0. The van der Waals surface area contributed by atoms with Gasteiger partial charge in [-0.1, -0.05) is 43.9 Å². The molecule has 5 nitrogen and oxygen atoms in total. The lowest BCUT2D eigenvalue weighted by Crippen LogP contribution is -2.58. The van der Waals surface area contributed by atoms with E-state index < -0.39 is 0 Å². The van der Waals surface area contributed by atoms with E-state index >= 15 is 0 Å². The monoisotopic (exact) mass is 357 g/mol. The maximum atomic E-state index is 12.3. The lowest BCUT2D eigenvalue weighted by molar-refractivity contribution is -0.121. The molecule has 2 fully saturated rings. The summed E-state index contributed by atoms with van der Waals surface area (Å²) < 4.78 is 0. The standard InChI is InChI=1S/C21H31N3O2/c25-19(16-22-20(26)18-10-4-1-5-11-18)23-17-21(12-6-2-7-13-21)24-14-8-3-9-15-24/h1,4-5,10-11H,2-3,6-9,12-17H2,(H,22,26)(H,23,25). The summed E-state index contributed by atoms with van der Waals surface area (Å²) in [5.41, 5.74) is 0.704. The highest BCUT2D eigenvalue weighted by molar-refractivity contribution is 5.96. The number of likely N-dealkylation sites (tertiary alicyclic amines) is 1. The zero-order valence-electron chi connectivity index (χ0n) is 15.6. The highest BCUT2D eigenvalue weighted by atomic mass is 16.2. The molecule has 0 bridgehead atoms. The van der Waals surface area contributed by atoms with E-state index in [0.29, 0.717) is 12.1 Å². The molecule has 1 heterocycles. The lowest BCUT2D eigenvalue weighted by Gasteiger charge is -2.48. The van der Waals surface area contributed by atoms with E-state index in [1.807, 2.05) is 18.2 Å². The van der Waals surface area contributed by atoms with Crippen molar-refractivity contribution in [3.05, 3.63) is 35.9 Å².